The van der Waals surface area contributed by atoms with Crippen LogP contribution >= 0.6 is 0 Å². The zero-order valence-corrected chi connectivity index (χ0v) is 15.4. The van der Waals surface area contributed by atoms with Crippen LogP contribution in [0.4, 0.5) is 19.0 Å². The lowest BCUT2D eigenvalue weighted by atomic mass is 10.0. The SMILES string of the molecule is O=C(c1cccc2cc[nH]c12)N1CC2CC1[C@@H](Nc1ccc(C(F)(F)F)cn1)C2. The highest BCUT2D eigenvalue weighted by atomic mass is 19.4. The molecule has 2 fully saturated rings. The van der Waals surface area contributed by atoms with E-state index >= 15 is 0 Å². The van der Waals surface area contributed by atoms with Gasteiger partial charge in [0.2, 0.25) is 0 Å². The molecule has 2 aromatic heterocycles. The van der Waals surface area contributed by atoms with Crippen LogP contribution in [-0.2, 0) is 6.18 Å². The largest absolute Gasteiger partial charge is 0.417 e. The monoisotopic (exact) mass is 400 g/mol. The number of amides is 1. The van der Waals surface area contributed by atoms with Crippen LogP contribution in [0.5, 0.6) is 0 Å². The quantitative estimate of drug-likeness (QED) is 0.689. The number of carbonyl (C=O) groups excluding carboxylic acids is 1. The van der Waals surface area contributed by atoms with Gasteiger partial charge in [-0.1, -0.05) is 12.1 Å². The molecule has 3 atom stereocenters. The van der Waals surface area contributed by atoms with Gasteiger partial charge in [0.1, 0.15) is 5.82 Å². The van der Waals surface area contributed by atoms with Gasteiger partial charge in [-0.2, -0.15) is 13.2 Å². The Morgan fingerprint density at radius 1 is 1.17 bits per heavy atom. The molecule has 2 unspecified atom stereocenters. The molecule has 1 aliphatic carbocycles. The average molecular weight is 400 g/mol. The fraction of sp³-hybridized carbons (Fsp3) is 0.333. The summed E-state index contributed by atoms with van der Waals surface area (Å²) in [6.07, 6.45) is 0.0250. The maximum Gasteiger partial charge on any atom is 0.417 e. The van der Waals surface area contributed by atoms with Crippen molar-refractivity contribution in [3.8, 4) is 0 Å². The molecule has 8 heteroatoms. The van der Waals surface area contributed by atoms with Crippen LogP contribution in [0.15, 0.2) is 48.8 Å². The highest BCUT2D eigenvalue weighted by Gasteiger charge is 2.47. The molecule has 2 bridgehead atoms. The molecule has 3 heterocycles. The first kappa shape index (κ1) is 18.0. The van der Waals surface area contributed by atoms with Gasteiger partial charge in [-0.05, 0) is 43.0 Å². The van der Waals surface area contributed by atoms with Crippen molar-refractivity contribution in [3.05, 3.63) is 59.9 Å². The summed E-state index contributed by atoms with van der Waals surface area (Å²) in [4.78, 5) is 22.2. The molecule has 150 valence electrons. The summed E-state index contributed by atoms with van der Waals surface area (Å²) in [5.74, 6) is 0.769. The molecule has 29 heavy (non-hydrogen) atoms. The second kappa shape index (κ2) is 6.50. The Kier molecular flexibility index (Phi) is 4.04. The van der Waals surface area contributed by atoms with Crippen molar-refractivity contribution >= 4 is 22.6 Å². The number of hydrogen-bond acceptors (Lipinski definition) is 3. The number of alkyl halides is 3. The van der Waals surface area contributed by atoms with Crippen molar-refractivity contribution in [1.82, 2.24) is 14.9 Å². The zero-order valence-electron chi connectivity index (χ0n) is 15.4. The van der Waals surface area contributed by atoms with Gasteiger partial charge in [-0.25, -0.2) is 4.98 Å². The summed E-state index contributed by atoms with van der Waals surface area (Å²) in [6, 6.07) is 9.94. The van der Waals surface area contributed by atoms with Gasteiger partial charge >= 0.3 is 6.18 Å². The first-order valence-corrected chi connectivity index (χ1v) is 9.57. The van der Waals surface area contributed by atoms with Gasteiger partial charge in [0.15, 0.2) is 0 Å². The van der Waals surface area contributed by atoms with Gasteiger partial charge in [-0.3, -0.25) is 4.79 Å². The number of para-hydroxylation sites is 1. The summed E-state index contributed by atoms with van der Waals surface area (Å²) >= 11 is 0. The number of hydrogen-bond donors (Lipinski definition) is 2. The van der Waals surface area contributed by atoms with E-state index in [1.54, 1.807) is 0 Å². The van der Waals surface area contributed by atoms with Crippen LogP contribution in [0, 0.1) is 5.92 Å². The van der Waals surface area contributed by atoms with Crippen molar-refractivity contribution in [3.63, 3.8) is 0 Å². The van der Waals surface area contributed by atoms with Crippen LogP contribution in [-0.4, -0.2) is 39.4 Å². The number of pyridine rings is 1. The van der Waals surface area contributed by atoms with E-state index in [4.69, 9.17) is 0 Å². The number of benzene rings is 1. The minimum atomic E-state index is -4.40. The summed E-state index contributed by atoms with van der Waals surface area (Å²) in [6.45, 7) is 0.708. The normalized spacial score (nSPS) is 23.7. The Balaban J connectivity index is 1.35. The van der Waals surface area contributed by atoms with E-state index in [9.17, 15) is 18.0 Å². The van der Waals surface area contributed by atoms with E-state index in [0.29, 0.717) is 23.8 Å². The molecular formula is C21H19F3N4O. The van der Waals surface area contributed by atoms with Gasteiger partial charge in [0.05, 0.1) is 22.7 Å². The minimum Gasteiger partial charge on any atom is -0.365 e. The fourth-order valence-corrected chi connectivity index (χ4v) is 4.67. The number of nitrogens with zero attached hydrogens (tertiary/aromatic N) is 2. The van der Waals surface area contributed by atoms with Gasteiger partial charge < -0.3 is 15.2 Å². The number of aromatic nitrogens is 2. The number of piperidine rings is 1. The second-order valence-electron chi connectivity index (χ2n) is 7.79. The summed E-state index contributed by atoms with van der Waals surface area (Å²) in [5.41, 5.74) is 0.701. The van der Waals surface area contributed by atoms with Crippen LogP contribution in [0.2, 0.25) is 0 Å². The van der Waals surface area contributed by atoms with Crippen molar-refractivity contribution in [2.45, 2.75) is 31.1 Å². The molecule has 1 amide bonds. The maximum atomic E-state index is 13.2. The lowest BCUT2D eigenvalue weighted by molar-refractivity contribution is -0.137. The third kappa shape index (κ3) is 3.12. The number of nitrogens with one attached hydrogen (secondary N) is 2. The minimum absolute atomic E-state index is 0.00168. The molecule has 3 aromatic rings. The first-order chi connectivity index (χ1) is 13.9. The number of H-pyrrole nitrogens is 1. The molecule has 1 aliphatic heterocycles. The summed E-state index contributed by atoms with van der Waals surface area (Å²) < 4.78 is 38.2. The lowest BCUT2D eigenvalue weighted by Gasteiger charge is -2.34. The number of aromatic amines is 1. The van der Waals surface area contributed by atoms with E-state index in [1.165, 1.54) is 6.07 Å². The number of halogens is 3. The molecule has 1 aromatic carbocycles. The third-order valence-electron chi connectivity index (χ3n) is 5.98. The summed E-state index contributed by atoms with van der Waals surface area (Å²) in [7, 11) is 0. The number of likely N-dealkylation sites (tertiary alicyclic amines) is 1. The molecule has 2 N–H and O–H groups in total. The van der Waals surface area contributed by atoms with Crippen molar-refractivity contribution in [2.24, 2.45) is 5.92 Å². The van der Waals surface area contributed by atoms with Crippen LogP contribution < -0.4 is 5.32 Å². The van der Waals surface area contributed by atoms with E-state index in [0.717, 1.165) is 36.0 Å². The number of anilines is 1. The molecule has 5 rings (SSSR count). The van der Waals surface area contributed by atoms with Gasteiger partial charge in [0, 0.05) is 30.4 Å². The van der Waals surface area contributed by atoms with E-state index in [2.05, 4.69) is 15.3 Å². The molecule has 0 spiro atoms. The van der Waals surface area contributed by atoms with E-state index < -0.39 is 11.7 Å². The Hall–Kier alpha value is -3.03. The Morgan fingerprint density at radius 3 is 2.76 bits per heavy atom. The fourth-order valence-electron chi connectivity index (χ4n) is 4.67. The third-order valence-corrected chi connectivity index (χ3v) is 5.98. The highest BCUT2D eigenvalue weighted by molar-refractivity contribution is 6.06. The van der Waals surface area contributed by atoms with Crippen molar-refractivity contribution in [1.29, 1.82) is 0 Å². The molecule has 1 saturated carbocycles. The summed E-state index contributed by atoms with van der Waals surface area (Å²) in [5, 5.41) is 4.23. The maximum absolute atomic E-state index is 13.2. The molecule has 1 saturated heterocycles. The lowest BCUT2D eigenvalue weighted by Crippen LogP contribution is -2.47. The Morgan fingerprint density at radius 2 is 2.03 bits per heavy atom. The van der Waals surface area contributed by atoms with Crippen LogP contribution in [0.1, 0.15) is 28.8 Å². The smallest absolute Gasteiger partial charge is 0.365 e. The zero-order chi connectivity index (χ0) is 20.2. The number of carbonyl (C=O) groups is 1. The topological polar surface area (TPSA) is 61.0 Å². The number of fused-ring (bicyclic) bond motifs is 3. The second-order valence-corrected chi connectivity index (χ2v) is 7.79. The van der Waals surface area contributed by atoms with Crippen molar-refractivity contribution in [2.75, 3.05) is 11.9 Å². The van der Waals surface area contributed by atoms with E-state index in [1.807, 2.05) is 35.4 Å². The van der Waals surface area contributed by atoms with Crippen LogP contribution in [0.3, 0.4) is 0 Å². The standard InChI is InChI=1S/C21H19F3N4O/c22-21(23,24)14-4-5-18(26-10-14)27-16-8-12-9-17(16)28(11-12)20(29)15-3-1-2-13-6-7-25-19(13)15/h1-7,10,12,16-17,25H,8-9,11H2,(H,26,27)/t12?,16-,17?/m0/s1. The predicted molar refractivity (Wildman–Crippen MR) is 102 cm³/mol. The number of rotatable bonds is 3. The predicted octanol–water partition coefficient (Wildman–Crippen LogP) is 4.30. The highest BCUT2D eigenvalue weighted by Crippen LogP contribution is 2.40. The van der Waals surface area contributed by atoms with Crippen molar-refractivity contribution < 1.29 is 18.0 Å². The molecule has 5 nitrogen and oxygen atoms in total. The van der Waals surface area contributed by atoms with Gasteiger partial charge in [-0.15, -0.1) is 0 Å². The molecule has 0 radical (unpaired) electrons. The average Bonchev–Trinajstić information content (AvgIpc) is 3.42. The van der Waals surface area contributed by atoms with Gasteiger partial charge in [0.25, 0.3) is 5.91 Å². The van der Waals surface area contributed by atoms with Crippen LogP contribution in [0.25, 0.3) is 10.9 Å². The molecule has 2 aliphatic rings. The van der Waals surface area contributed by atoms with E-state index in [-0.39, 0.29) is 18.0 Å². The Labute approximate surface area is 164 Å². The molecular weight excluding hydrogens is 381 g/mol. The first-order valence-electron chi connectivity index (χ1n) is 9.57. The Bertz CT molecular complexity index is 1060.